The van der Waals surface area contributed by atoms with Crippen molar-refractivity contribution in [3.8, 4) is 0 Å². The number of nitrogens with zero attached hydrogens (tertiary/aromatic N) is 1. The maximum Gasteiger partial charge on any atom is 0.268 e. The molecule has 0 fully saturated rings. The molecule has 3 aromatic rings. The van der Waals surface area contributed by atoms with Gasteiger partial charge in [-0.15, -0.1) is 0 Å². The number of carbonyl (C=O) groups is 1. The highest BCUT2D eigenvalue weighted by Gasteiger charge is 2.16. The Bertz CT molecular complexity index is 741. The average molecular weight is 282 g/mol. The Labute approximate surface area is 123 Å². The van der Waals surface area contributed by atoms with Gasteiger partial charge in [0.15, 0.2) is 5.58 Å². The number of rotatable bonds is 5. The lowest BCUT2D eigenvalue weighted by atomic mass is 10.2. The smallest absolute Gasteiger partial charge is 0.268 e. The molecule has 0 aliphatic carbocycles. The Hall–Kier alpha value is -2.49. The minimum Gasteiger partial charge on any atom is -0.463 e. The van der Waals surface area contributed by atoms with Crippen LogP contribution in [0.5, 0.6) is 0 Å². The van der Waals surface area contributed by atoms with E-state index in [0.29, 0.717) is 12.2 Å². The molecule has 108 valence electrons. The van der Waals surface area contributed by atoms with Gasteiger partial charge in [-0.3, -0.25) is 4.79 Å². The summed E-state index contributed by atoms with van der Waals surface area (Å²) in [4.78, 5) is 12.4. The fourth-order valence-corrected chi connectivity index (χ4v) is 2.50. The topological polar surface area (TPSA) is 47.2 Å². The first-order chi connectivity index (χ1) is 10.3. The van der Waals surface area contributed by atoms with Crippen molar-refractivity contribution in [3.63, 3.8) is 0 Å². The number of benzene rings is 1. The molecular weight excluding hydrogens is 264 g/mol. The first-order valence-corrected chi connectivity index (χ1v) is 7.18. The van der Waals surface area contributed by atoms with Gasteiger partial charge in [-0.05, 0) is 12.0 Å². The number of furan rings is 1. The predicted octanol–water partition coefficient (Wildman–Crippen LogP) is 3.57. The van der Waals surface area contributed by atoms with Gasteiger partial charge in [0, 0.05) is 25.2 Å². The average Bonchev–Trinajstić information content (AvgIpc) is 3.09. The van der Waals surface area contributed by atoms with Crippen LogP contribution in [0.3, 0.4) is 0 Å². The molecule has 2 aromatic heterocycles. The Morgan fingerprint density at radius 3 is 2.81 bits per heavy atom. The summed E-state index contributed by atoms with van der Waals surface area (Å²) in [6.45, 7) is 3.42. The molecule has 0 bridgehead atoms. The zero-order valence-corrected chi connectivity index (χ0v) is 12.0. The van der Waals surface area contributed by atoms with E-state index in [2.05, 4.69) is 12.2 Å². The third-order valence-electron chi connectivity index (χ3n) is 3.50. The Kier molecular flexibility index (Phi) is 3.77. The third kappa shape index (κ3) is 2.70. The second-order valence-electron chi connectivity index (χ2n) is 5.02. The van der Waals surface area contributed by atoms with Crippen LogP contribution in [-0.4, -0.2) is 10.5 Å². The van der Waals surface area contributed by atoms with Crippen molar-refractivity contribution >= 4 is 17.0 Å². The number of nitrogens with one attached hydrogen (secondary N) is 1. The van der Waals surface area contributed by atoms with Gasteiger partial charge in [0.05, 0.1) is 11.8 Å². The quantitative estimate of drug-likeness (QED) is 0.777. The monoisotopic (exact) mass is 282 g/mol. The molecule has 0 saturated heterocycles. The van der Waals surface area contributed by atoms with Gasteiger partial charge in [0.1, 0.15) is 5.69 Å². The van der Waals surface area contributed by atoms with Crippen molar-refractivity contribution in [2.45, 2.75) is 26.4 Å². The van der Waals surface area contributed by atoms with Crippen LogP contribution in [0.4, 0.5) is 0 Å². The summed E-state index contributed by atoms with van der Waals surface area (Å²) in [6, 6.07) is 13.6. The zero-order valence-electron chi connectivity index (χ0n) is 12.0. The van der Waals surface area contributed by atoms with Gasteiger partial charge < -0.3 is 14.3 Å². The number of carbonyl (C=O) groups excluding carboxylic acids is 1. The van der Waals surface area contributed by atoms with Gasteiger partial charge in [-0.1, -0.05) is 37.3 Å². The fraction of sp³-hybridized carbons (Fsp3) is 0.235. The van der Waals surface area contributed by atoms with E-state index in [1.165, 1.54) is 0 Å². The highest BCUT2D eigenvalue weighted by molar-refractivity contribution is 5.97. The van der Waals surface area contributed by atoms with Crippen LogP contribution in [0.1, 0.15) is 29.4 Å². The molecule has 2 heterocycles. The van der Waals surface area contributed by atoms with Gasteiger partial charge in [-0.2, -0.15) is 0 Å². The van der Waals surface area contributed by atoms with Crippen molar-refractivity contribution < 1.29 is 9.21 Å². The van der Waals surface area contributed by atoms with Crippen molar-refractivity contribution in [2.75, 3.05) is 0 Å². The molecule has 3 rings (SSSR count). The molecule has 0 saturated carbocycles. The molecule has 0 radical (unpaired) electrons. The molecule has 0 aliphatic rings. The Morgan fingerprint density at radius 2 is 2.05 bits per heavy atom. The van der Waals surface area contributed by atoms with E-state index >= 15 is 0 Å². The molecule has 21 heavy (non-hydrogen) atoms. The van der Waals surface area contributed by atoms with Crippen molar-refractivity contribution in [3.05, 3.63) is 60.0 Å². The number of hydrogen-bond acceptors (Lipinski definition) is 2. The summed E-state index contributed by atoms with van der Waals surface area (Å²) in [6.07, 6.45) is 2.62. The molecule has 1 N–H and O–H groups in total. The van der Waals surface area contributed by atoms with E-state index in [0.717, 1.165) is 29.6 Å². The van der Waals surface area contributed by atoms with E-state index < -0.39 is 0 Å². The summed E-state index contributed by atoms with van der Waals surface area (Å²) >= 11 is 0. The summed E-state index contributed by atoms with van der Waals surface area (Å²) in [5.74, 6) is -0.0706. The summed E-state index contributed by atoms with van der Waals surface area (Å²) < 4.78 is 7.41. The number of amides is 1. The molecule has 0 aliphatic heterocycles. The lowest BCUT2D eigenvalue weighted by Crippen LogP contribution is -2.25. The summed E-state index contributed by atoms with van der Waals surface area (Å²) in [7, 11) is 0. The lowest BCUT2D eigenvalue weighted by Gasteiger charge is -2.09. The van der Waals surface area contributed by atoms with Crippen LogP contribution < -0.4 is 5.32 Å². The van der Waals surface area contributed by atoms with Gasteiger partial charge in [0.25, 0.3) is 5.91 Å². The lowest BCUT2D eigenvalue weighted by molar-refractivity contribution is 0.0942. The van der Waals surface area contributed by atoms with Gasteiger partial charge >= 0.3 is 0 Å². The molecule has 4 heteroatoms. The number of aryl methyl sites for hydroxylation is 1. The molecule has 0 unspecified atom stereocenters. The Morgan fingerprint density at radius 1 is 1.24 bits per heavy atom. The van der Waals surface area contributed by atoms with Gasteiger partial charge in [0.2, 0.25) is 0 Å². The van der Waals surface area contributed by atoms with Crippen molar-refractivity contribution in [2.24, 2.45) is 0 Å². The van der Waals surface area contributed by atoms with Crippen LogP contribution in [0.2, 0.25) is 0 Å². The SMILES string of the molecule is CCCn1c(C(=O)NCc2ccccc2)cc2occc21. The molecule has 1 aromatic carbocycles. The van der Waals surface area contributed by atoms with E-state index in [9.17, 15) is 4.79 Å². The van der Waals surface area contributed by atoms with Crippen LogP contribution >= 0.6 is 0 Å². The standard InChI is InChI=1S/C17H18N2O2/c1-2-9-19-14-8-10-21-16(14)11-15(19)17(20)18-12-13-6-4-3-5-7-13/h3-8,10-11H,2,9,12H2,1H3,(H,18,20). The predicted molar refractivity (Wildman–Crippen MR) is 82.1 cm³/mol. The molecule has 1 amide bonds. The first kappa shape index (κ1) is 13.5. The summed E-state index contributed by atoms with van der Waals surface area (Å²) in [5.41, 5.74) is 3.47. The van der Waals surface area contributed by atoms with Gasteiger partial charge in [-0.25, -0.2) is 0 Å². The normalized spacial score (nSPS) is 10.9. The van der Waals surface area contributed by atoms with Crippen molar-refractivity contribution in [1.29, 1.82) is 0 Å². The maximum absolute atomic E-state index is 12.4. The number of aromatic nitrogens is 1. The van der Waals surface area contributed by atoms with Crippen LogP contribution in [0.25, 0.3) is 11.1 Å². The van der Waals surface area contributed by atoms with E-state index in [1.807, 2.05) is 47.0 Å². The van der Waals surface area contributed by atoms with Crippen LogP contribution in [0, 0.1) is 0 Å². The second kappa shape index (κ2) is 5.87. The maximum atomic E-state index is 12.4. The minimum atomic E-state index is -0.0706. The largest absolute Gasteiger partial charge is 0.463 e. The van der Waals surface area contributed by atoms with Crippen molar-refractivity contribution in [1.82, 2.24) is 9.88 Å². The zero-order chi connectivity index (χ0) is 14.7. The van der Waals surface area contributed by atoms with E-state index in [1.54, 1.807) is 6.26 Å². The third-order valence-corrected chi connectivity index (χ3v) is 3.50. The molecule has 0 spiro atoms. The van der Waals surface area contributed by atoms with Crippen LogP contribution in [-0.2, 0) is 13.1 Å². The molecular formula is C17H18N2O2. The number of hydrogen-bond donors (Lipinski definition) is 1. The van der Waals surface area contributed by atoms with E-state index in [-0.39, 0.29) is 5.91 Å². The summed E-state index contributed by atoms with van der Waals surface area (Å²) in [5, 5.41) is 2.96. The van der Waals surface area contributed by atoms with Crippen LogP contribution in [0.15, 0.2) is 53.1 Å². The highest BCUT2D eigenvalue weighted by atomic mass is 16.3. The number of fused-ring (bicyclic) bond motifs is 1. The fourth-order valence-electron chi connectivity index (χ4n) is 2.50. The molecule has 4 nitrogen and oxygen atoms in total. The minimum absolute atomic E-state index is 0.0706. The highest BCUT2D eigenvalue weighted by Crippen LogP contribution is 2.21. The first-order valence-electron chi connectivity index (χ1n) is 7.18. The Balaban J connectivity index is 1.80. The second-order valence-corrected chi connectivity index (χ2v) is 5.02. The van der Waals surface area contributed by atoms with E-state index in [4.69, 9.17) is 4.42 Å². The molecule has 0 atom stereocenters.